The number of fused-ring (bicyclic) bond motifs is 1. The summed E-state index contributed by atoms with van der Waals surface area (Å²) in [4.78, 5) is 18.9. The number of carbonyl (C=O) groups is 1. The quantitative estimate of drug-likeness (QED) is 0.500. The zero-order chi connectivity index (χ0) is 18.4. The molecule has 4 heterocycles. The van der Waals surface area contributed by atoms with E-state index in [-0.39, 0.29) is 5.95 Å². The second kappa shape index (κ2) is 5.69. The zero-order valence-corrected chi connectivity index (χ0v) is 14.3. The number of anilines is 1. The Balaban J connectivity index is 1.89. The second-order valence-electron chi connectivity index (χ2n) is 5.89. The van der Waals surface area contributed by atoms with Gasteiger partial charge in [-0.3, -0.25) is 13.9 Å². The van der Waals surface area contributed by atoms with Crippen LogP contribution in [0.3, 0.4) is 0 Å². The highest BCUT2D eigenvalue weighted by molar-refractivity contribution is 5.95. The standard InChI is InChI=1S/C16H17N9O/c1-3-25-11(4-8(2)23-25)15-20-14(21-22-15)10-5-9(13(17)26)7-24-12(10)6-19-16(24)18/h4-7H,3H2,1-2H3,(H2,17,26)(H2,18,19)(H,20,21,22). The van der Waals surface area contributed by atoms with Crippen LogP contribution < -0.4 is 11.5 Å². The fourth-order valence-corrected chi connectivity index (χ4v) is 2.92. The molecule has 5 N–H and O–H groups in total. The van der Waals surface area contributed by atoms with E-state index < -0.39 is 5.91 Å². The summed E-state index contributed by atoms with van der Waals surface area (Å²) < 4.78 is 3.43. The van der Waals surface area contributed by atoms with Crippen LogP contribution in [-0.4, -0.2) is 40.3 Å². The number of primary amides is 1. The number of pyridine rings is 1. The molecule has 10 nitrogen and oxygen atoms in total. The van der Waals surface area contributed by atoms with Crippen molar-refractivity contribution in [3.8, 4) is 22.9 Å². The second-order valence-corrected chi connectivity index (χ2v) is 5.89. The number of nitrogens with one attached hydrogen (secondary N) is 1. The molecular weight excluding hydrogens is 334 g/mol. The van der Waals surface area contributed by atoms with Gasteiger partial charge in [-0.15, -0.1) is 10.2 Å². The number of hydrogen-bond acceptors (Lipinski definition) is 6. The minimum absolute atomic E-state index is 0.253. The third-order valence-corrected chi connectivity index (χ3v) is 4.14. The van der Waals surface area contributed by atoms with Crippen LogP contribution in [0.5, 0.6) is 0 Å². The summed E-state index contributed by atoms with van der Waals surface area (Å²) in [6, 6.07) is 3.57. The van der Waals surface area contributed by atoms with Gasteiger partial charge in [-0.25, -0.2) is 4.98 Å². The van der Waals surface area contributed by atoms with Crippen LogP contribution in [-0.2, 0) is 6.54 Å². The average Bonchev–Trinajstić information content (AvgIpc) is 3.32. The average molecular weight is 351 g/mol. The van der Waals surface area contributed by atoms with Crippen molar-refractivity contribution in [2.24, 2.45) is 5.73 Å². The molecule has 0 radical (unpaired) electrons. The van der Waals surface area contributed by atoms with Gasteiger partial charge >= 0.3 is 0 Å². The molecule has 10 heteroatoms. The highest BCUT2D eigenvalue weighted by Gasteiger charge is 2.17. The van der Waals surface area contributed by atoms with Crippen molar-refractivity contribution in [1.29, 1.82) is 0 Å². The number of nitrogens with two attached hydrogens (primary N) is 2. The van der Waals surface area contributed by atoms with Crippen LogP contribution in [0.15, 0.2) is 24.5 Å². The molecule has 0 saturated carbocycles. The van der Waals surface area contributed by atoms with Gasteiger partial charge in [-0.05, 0) is 26.0 Å². The molecule has 0 atom stereocenters. The number of aromatic amines is 1. The predicted octanol–water partition coefficient (Wildman–Crippen LogP) is 0.992. The summed E-state index contributed by atoms with van der Waals surface area (Å²) in [5.41, 5.74) is 14.6. The Hall–Kier alpha value is -3.69. The maximum Gasteiger partial charge on any atom is 0.250 e. The number of carbonyl (C=O) groups excluding carboxylic acids is 1. The first kappa shape index (κ1) is 15.8. The Morgan fingerprint density at radius 1 is 1.27 bits per heavy atom. The maximum absolute atomic E-state index is 11.7. The molecule has 1 amide bonds. The lowest BCUT2D eigenvalue weighted by Gasteiger charge is -2.05. The molecule has 0 spiro atoms. The van der Waals surface area contributed by atoms with E-state index in [1.165, 1.54) is 0 Å². The lowest BCUT2D eigenvalue weighted by Crippen LogP contribution is -2.12. The van der Waals surface area contributed by atoms with Gasteiger partial charge < -0.3 is 16.5 Å². The van der Waals surface area contributed by atoms with E-state index in [1.54, 1.807) is 22.9 Å². The van der Waals surface area contributed by atoms with E-state index in [9.17, 15) is 4.79 Å². The number of hydrogen-bond donors (Lipinski definition) is 3. The fraction of sp³-hybridized carbons (Fsp3) is 0.188. The van der Waals surface area contributed by atoms with Gasteiger partial charge in [0.1, 0.15) is 5.69 Å². The first-order chi connectivity index (χ1) is 12.5. The number of aryl methyl sites for hydroxylation is 2. The largest absolute Gasteiger partial charge is 0.369 e. The van der Waals surface area contributed by atoms with Gasteiger partial charge in [-0.2, -0.15) is 5.10 Å². The van der Waals surface area contributed by atoms with Gasteiger partial charge in [0.15, 0.2) is 11.6 Å². The third kappa shape index (κ3) is 2.39. The number of aromatic nitrogens is 7. The molecule has 4 aromatic heterocycles. The SMILES string of the molecule is CCn1nc(C)cc1-c1nnc(-c2cc(C(N)=O)cn3c(N)ncc23)[nH]1. The monoisotopic (exact) mass is 351 g/mol. The maximum atomic E-state index is 11.7. The number of amides is 1. The molecule has 132 valence electrons. The summed E-state index contributed by atoms with van der Waals surface area (Å²) in [5.74, 6) is 0.747. The van der Waals surface area contributed by atoms with Gasteiger partial charge in [-0.1, -0.05) is 0 Å². The molecule has 0 fully saturated rings. The highest BCUT2D eigenvalue weighted by Crippen LogP contribution is 2.27. The van der Waals surface area contributed by atoms with Crippen LogP contribution in [0, 0.1) is 6.92 Å². The number of nitrogens with zero attached hydrogens (tertiary/aromatic N) is 6. The Morgan fingerprint density at radius 2 is 2.04 bits per heavy atom. The van der Waals surface area contributed by atoms with Crippen molar-refractivity contribution >= 4 is 17.4 Å². The Labute approximate surface area is 147 Å². The van der Waals surface area contributed by atoms with Crippen molar-refractivity contribution in [3.05, 3.63) is 35.8 Å². The van der Waals surface area contributed by atoms with Crippen molar-refractivity contribution in [2.75, 3.05) is 5.73 Å². The molecule has 4 aromatic rings. The van der Waals surface area contributed by atoms with Crippen LogP contribution in [0.4, 0.5) is 5.95 Å². The normalized spacial score (nSPS) is 11.3. The highest BCUT2D eigenvalue weighted by atomic mass is 16.1. The first-order valence-corrected chi connectivity index (χ1v) is 8.02. The molecule has 0 aliphatic rings. The molecule has 4 rings (SSSR count). The van der Waals surface area contributed by atoms with E-state index in [0.717, 1.165) is 11.4 Å². The van der Waals surface area contributed by atoms with E-state index in [1.807, 2.05) is 24.6 Å². The third-order valence-electron chi connectivity index (χ3n) is 4.14. The van der Waals surface area contributed by atoms with Crippen molar-refractivity contribution in [3.63, 3.8) is 0 Å². The minimum Gasteiger partial charge on any atom is -0.369 e. The number of nitrogen functional groups attached to an aromatic ring is 1. The fourth-order valence-electron chi connectivity index (χ4n) is 2.92. The van der Waals surface area contributed by atoms with E-state index in [0.29, 0.717) is 34.8 Å². The van der Waals surface area contributed by atoms with Crippen LogP contribution >= 0.6 is 0 Å². The summed E-state index contributed by atoms with van der Waals surface area (Å²) in [7, 11) is 0. The summed E-state index contributed by atoms with van der Waals surface area (Å²) in [6.07, 6.45) is 3.16. The zero-order valence-electron chi connectivity index (χ0n) is 14.3. The number of imidazole rings is 1. The molecule has 0 unspecified atom stereocenters. The van der Waals surface area contributed by atoms with Gasteiger partial charge in [0, 0.05) is 18.3 Å². The smallest absolute Gasteiger partial charge is 0.250 e. The van der Waals surface area contributed by atoms with Gasteiger partial charge in [0.25, 0.3) is 0 Å². The van der Waals surface area contributed by atoms with E-state index in [2.05, 4.69) is 25.3 Å². The van der Waals surface area contributed by atoms with Crippen molar-refractivity contribution in [2.45, 2.75) is 20.4 Å². The van der Waals surface area contributed by atoms with Crippen LogP contribution in [0.25, 0.3) is 28.4 Å². The molecule has 0 aromatic carbocycles. The lowest BCUT2D eigenvalue weighted by atomic mass is 10.1. The molecule has 0 bridgehead atoms. The Kier molecular flexibility index (Phi) is 3.46. The summed E-state index contributed by atoms with van der Waals surface area (Å²) >= 11 is 0. The minimum atomic E-state index is -0.569. The molecule has 0 aliphatic carbocycles. The predicted molar refractivity (Wildman–Crippen MR) is 95.1 cm³/mol. The Morgan fingerprint density at radius 3 is 2.77 bits per heavy atom. The number of H-pyrrole nitrogens is 1. The van der Waals surface area contributed by atoms with Gasteiger partial charge in [0.05, 0.1) is 23.0 Å². The summed E-state index contributed by atoms with van der Waals surface area (Å²) in [6.45, 7) is 4.63. The van der Waals surface area contributed by atoms with Crippen molar-refractivity contribution < 1.29 is 4.79 Å². The molecular formula is C16H17N9O. The van der Waals surface area contributed by atoms with Crippen LogP contribution in [0.2, 0.25) is 0 Å². The first-order valence-electron chi connectivity index (χ1n) is 8.02. The van der Waals surface area contributed by atoms with Gasteiger partial charge in [0.2, 0.25) is 11.9 Å². The lowest BCUT2D eigenvalue weighted by molar-refractivity contribution is 0.1000. The molecule has 26 heavy (non-hydrogen) atoms. The number of rotatable bonds is 4. The molecule has 0 aliphatic heterocycles. The van der Waals surface area contributed by atoms with Crippen LogP contribution in [0.1, 0.15) is 23.0 Å². The summed E-state index contributed by atoms with van der Waals surface area (Å²) in [5, 5.41) is 12.9. The molecule has 0 saturated heterocycles. The van der Waals surface area contributed by atoms with Crippen molar-refractivity contribution in [1.82, 2.24) is 34.3 Å². The Bertz CT molecular complexity index is 1130. The van der Waals surface area contributed by atoms with E-state index in [4.69, 9.17) is 11.5 Å². The van der Waals surface area contributed by atoms with E-state index >= 15 is 0 Å². The topological polar surface area (TPSA) is 146 Å².